The highest BCUT2D eigenvalue weighted by atomic mass is 32.2. The van der Waals surface area contributed by atoms with Crippen LogP contribution in [0.15, 0.2) is 15.9 Å². The number of piperidine rings is 1. The number of ether oxygens (including phenoxy) is 1. The summed E-state index contributed by atoms with van der Waals surface area (Å²) in [5.74, 6) is 0.126. The Morgan fingerprint density at radius 1 is 1.20 bits per heavy atom. The Morgan fingerprint density at radius 3 is 2.37 bits per heavy atom. The van der Waals surface area contributed by atoms with Gasteiger partial charge in [-0.15, -0.1) is 11.3 Å². The van der Waals surface area contributed by atoms with Crippen LogP contribution in [0, 0.1) is 5.92 Å². The van der Waals surface area contributed by atoms with Crippen LogP contribution < -0.4 is 5.32 Å². The first kappa shape index (κ1) is 28.2. The normalized spacial score (nSPS) is 23.1. The summed E-state index contributed by atoms with van der Waals surface area (Å²) in [4.78, 5) is 32.3. The van der Waals surface area contributed by atoms with Crippen molar-refractivity contribution in [2.45, 2.75) is 74.0 Å². The van der Waals surface area contributed by atoms with Gasteiger partial charge in [-0.2, -0.15) is 17.0 Å². The zero-order valence-corrected chi connectivity index (χ0v) is 23.3. The van der Waals surface area contributed by atoms with Crippen molar-refractivity contribution in [3.63, 3.8) is 0 Å². The van der Waals surface area contributed by atoms with Crippen LogP contribution in [-0.2, 0) is 19.7 Å². The molecule has 3 rings (SSSR count). The number of hydrogen-bond donors (Lipinski definition) is 1. The number of carbonyl (C=O) groups is 2. The molecule has 1 aromatic rings. The third kappa shape index (κ3) is 7.31. The molecule has 0 aromatic carbocycles. The first-order valence-corrected chi connectivity index (χ1v) is 15.3. The summed E-state index contributed by atoms with van der Waals surface area (Å²) in [6.07, 6.45) is 6.65. The Labute approximate surface area is 216 Å². The van der Waals surface area contributed by atoms with Crippen molar-refractivity contribution in [2.24, 2.45) is 5.92 Å². The van der Waals surface area contributed by atoms with Crippen molar-refractivity contribution in [2.75, 3.05) is 33.8 Å². The quantitative estimate of drug-likeness (QED) is 0.287. The fourth-order valence-electron chi connectivity index (χ4n) is 4.65. The molecule has 1 N–H and O–H groups in total. The molecule has 2 fully saturated rings. The molecule has 0 radical (unpaired) electrons. The highest BCUT2D eigenvalue weighted by Gasteiger charge is 2.39. The molecule has 2 aliphatic rings. The van der Waals surface area contributed by atoms with Crippen LogP contribution in [0.3, 0.4) is 0 Å². The summed E-state index contributed by atoms with van der Waals surface area (Å²) in [7, 11) is -0.432. The monoisotopic (exact) mass is 547 g/mol. The number of rotatable bonds is 9. The fraction of sp³-hybridized carbons (Fsp3) is 0.773. The molecule has 13 heteroatoms. The molecule has 1 aromatic heterocycles. The van der Waals surface area contributed by atoms with E-state index in [2.05, 4.69) is 17.2 Å². The molecule has 1 atom stereocenters. The zero-order chi connectivity index (χ0) is 25.6. The smallest absolute Gasteiger partial charge is 0.339 e. The second-order valence-electron chi connectivity index (χ2n) is 9.26. The molecule has 1 saturated carbocycles. The molecule has 10 nitrogen and oxygen atoms in total. The SMILES string of the molecule is CCOC(=O)C(NC(=O)N(C1CCN(S(=O)(=O)N(C)C)CC1)[C@H]1CC[C@H](C)CC1)Sc1cncs1. The molecular weight excluding hydrogens is 510 g/mol. The van der Waals surface area contributed by atoms with Crippen LogP contribution in [-0.4, -0.2) is 90.2 Å². The summed E-state index contributed by atoms with van der Waals surface area (Å²) >= 11 is 2.62. The molecule has 1 aliphatic carbocycles. The molecule has 0 spiro atoms. The first-order valence-electron chi connectivity index (χ1n) is 12.1. The minimum absolute atomic E-state index is 0.0597. The summed E-state index contributed by atoms with van der Waals surface area (Å²) in [6, 6.07) is -0.337. The number of nitrogens with one attached hydrogen (secondary N) is 1. The van der Waals surface area contributed by atoms with E-state index in [9.17, 15) is 18.0 Å². The Kier molecular flexibility index (Phi) is 10.2. The van der Waals surface area contributed by atoms with Gasteiger partial charge in [0.2, 0.25) is 0 Å². The van der Waals surface area contributed by atoms with Gasteiger partial charge >= 0.3 is 12.0 Å². The average molecular weight is 548 g/mol. The number of esters is 1. The minimum atomic E-state index is -3.49. The van der Waals surface area contributed by atoms with E-state index in [1.165, 1.54) is 45.8 Å². The summed E-state index contributed by atoms with van der Waals surface area (Å²) in [5, 5.41) is 2.03. The zero-order valence-electron chi connectivity index (χ0n) is 20.9. The minimum Gasteiger partial charge on any atom is -0.464 e. The van der Waals surface area contributed by atoms with Crippen molar-refractivity contribution in [1.82, 2.24) is 23.8 Å². The second-order valence-corrected chi connectivity index (χ2v) is 13.7. The molecule has 1 unspecified atom stereocenters. The maximum atomic E-state index is 13.7. The number of amides is 2. The van der Waals surface area contributed by atoms with Crippen molar-refractivity contribution in [1.29, 1.82) is 0 Å². The van der Waals surface area contributed by atoms with E-state index in [0.29, 0.717) is 31.8 Å². The van der Waals surface area contributed by atoms with Gasteiger partial charge in [0, 0.05) is 39.3 Å². The van der Waals surface area contributed by atoms with Gasteiger partial charge in [-0.25, -0.2) is 9.59 Å². The predicted molar refractivity (Wildman–Crippen MR) is 137 cm³/mol. The Hall–Kier alpha value is -1.41. The standard InChI is InChI=1S/C22H37N5O5S3/c1-5-32-21(28)20(34-19-14-23-15-33-19)24-22(29)27(17-8-6-16(2)7-9-17)18-10-12-26(13-11-18)35(30,31)25(3)4/h14-18,20H,5-13H2,1-4H3,(H,24,29)/t16-,17-,20?. The largest absolute Gasteiger partial charge is 0.464 e. The second kappa shape index (κ2) is 12.7. The van der Waals surface area contributed by atoms with E-state index in [-0.39, 0.29) is 24.7 Å². The van der Waals surface area contributed by atoms with Gasteiger partial charge in [-0.05, 0) is 51.4 Å². The maximum Gasteiger partial charge on any atom is 0.339 e. The number of thioether (sulfide) groups is 1. The van der Waals surface area contributed by atoms with E-state index < -0.39 is 21.6 Å². The topological polar surface area (TPSA) is 112 Å². The van der Waals surface area contributed by atoms with E-state index in [0.717, 1.165) is 29.9 Å². The summed E-state index contributed by atoms with van der Waals surface area (Å²) in [6.45, 7) is 4.90. The predicted octanol–water partition coefficient (Wildman–Crippen LogP) is 2.99. The van der Waals surface area contributed by atoms with Crippen molar-refractivity contribution >= 4 is 45.3 Å². The van der Waals surface area contributed by atoms with Crippen LogP contribution in [0.4, 0.5) is 4.79 Å². The lowest BCUT2D eigenvalue weighted by molar-refractivity contribution is -0.142. The Morgan fingerprint density at radius 2 is 1.83 bits per heavy atom. The molecule has 2 amide bonds. The highest BCUT2D eigenvalue weighted by molar-refractivity contribution is 8.02. The van der Waals surface area contributed by atoms with E-state index in [1.807, 2.05) is 4.90 Å². The lowest BCUT2D eigenvalue weighted by Crippen LogP contribution is -2.58. The number of nitrogens with zero attached hydrogens (tertiary/aromatic N) is 4. The molecule has 0 bridgehead atoms. The lowest BCUT2D eigenvalue weighted by Gasteiger charge is -2.44. The van der Waals surface area contributed by atoms with Crippen LogP contribution in [0.1, 0.15) is 52.4 Å². The number of carbonyl (C=O) groups excluding carboxylic acids is 2. The number of urea groups is 1. The van der Waals surface area contributed by atoms with Crippen molar-refractivity contribution in [3.05, 3.63) is 11.7 Å². The average Bonchev–Trinajstić information content (AvgIpc) is 3.34. The molecule has 1 saturated heterocycles. The molecule has 35 heavy (non-hydrogen) atoms. The van der Waals surface area contributed by atoms with E-state index in [1.54, 1.807) is 18.6 Å². The van der Waals surface area contributed by atoms with E-state index >= 15 is 0 Å². The Balaban J connectivity index is 1.76. The third-order valence-corrected chi connectivity index (χ3v) is 10.6. The summed E-state index contributed by atoms with van der Waals surface area (Å²) < 4.78 is 33.9. The first-order chi connectivity index (χ1) is 16.6. The van der Waals surface area contributed by atoms with Crippen molar-refractivity contribution < 1.29 is 22.7 Å². The van der Waals surface area contributed by atoms with Gasteiger partial charge in [0.25, 0.3) is 10.2 Å². The van der Waals surface area contributed by atoms with E-state index in [4.69, 9.17) is 4.74 Å². The lowest BCUT2D eigenvalue weighted by atomic mass is 9.85. The van der Waals surface area contributed by atoms with Gasteiger partial charge in [-0.1, -0.05) is 18.7 Å². The van der Waals surface area contributed by atoms with Gasteiger partial charge in [-0.3, -0.25) is 4.98 Å². The van der Waals surface area contributed by atoms with Crippen molar-refractivity contribution in [3.8, 4) is 0 Å². The van der Waals surface area contributed by atoms with Gasteiger partial charge in [0.15, 0.2) is 5.37 Å². The summed E-state index contributed by atoms with van der Waals surface area (Å²) in [5.41, 5.74) is 1.68. The van der Waals surface area contributed by atoms with Gasteiger partial charge in [0.05, 0.1) is 22.5 Å². The molecular formula is C22H37N5O5S3. The maximum absolute atomic E-state index is 13.7. The number of thiazole rings is 1. The molecule has 198 valence electrons. The van der Waals surface area contributed by atoms with Crippen LogP contribution in [0.25, 0.3) is 0 Å². The van der Waals surface area contributed by atoms with Gasteiger partial charge < -0.3 is 15.0 Å². The Bertz CT molecular complexity index is 927. The number of aromatic nitrogens is 1. The third-order valence-electron chi connectivity index (χ3n) is 6.62. The number of hydrogen-bond acceptors (Lipinski definition) is 8. The molecule has 2 heterocycles. The highest BCUT2D eigenvalue weighted by Crippen LogP contribution is 2.32. The van der Waals surface area contributed by atoms with Gasteiger partial charge in [0.1, 0.15) is 0 Å². The fourth-order valence-corrected chi connectivity index (χ4v) is 7.45. The van der Waals surface area contributed by atoms with Crippen LogP contribution in [0.5, 0.6) is 0 Å². The molecule has 1 aliphatic heterocycles. The van der Waals surface area contributed by atoms with Crippen LogP contribution in [0.2, 0.25) is 0 Å². The van der Waals surface area contributed by atoms with Crippen LogP contribution >= 0.6 is 23.1 Å².